The molecule has 0 aliphatic rings. The van der Waals surface area contributed by atoms with Crippen molar-refractivity contribution < 1.29 is 19.4 Å². The van der Waals surface area contributed by atoms with Gasteiger partial charge in [-0.1, -0.05) is 72.1 Å². The van der Waals surface area contributed by atoms with Gasteiger partial charge in [-0.05, 0) is 18.8 Å². The molecule has 0 N–H and O–H groups in total. The van der Waals surface area contributed by atoms with Crippen LogP contribution in [-0.2, 0) is 19.4 Å². The molecule has 22 heavy (non-hydrogen) atoms. The van der Waals surface area contributed by atoms with Crippen LogP contribution in [0.4, 0.5) is 0 Å². The maximum atomic E-state index is 11.4. The zero-order chi connectivity index (χ0) is 16.6. The Balaban J connectivity index is 3.39. The summed E-state index contributed by atoms with van der Waals surface area (Å²) in [5.74, 6) is -0.181. The maximum Gasteiger partial charge on any atom is 0.355 e. The monoisotopic (exact) mass is 314 g/mol. The maximum absolute atomic E-state index is 11.4. The average molecular weight is 314 g/mol. The van der Waals surface area contributed by atoms with Crippen molar-refractivity contribution in [3.63, 3.8) is 0 Å². The molecule has 0 fully saturated rings. The van der Waals surface area contributed by atoms with Crippen LogP contribution in [0.2, 0.25) is 0 Å². The molecule has 0 saturated heterocycles. The van der Waals surface area contributed by atoms with Crippen molar-refractivity contribution in [2.24, 2.45) is 5.92 Å². The molecule has 0 rings (SSSR count). The second kappa shape index (κ2) is 14.9. The minimum absolute atomic E-state index is 0.322. The summed E-state index contributed by atoms with van der Waals surface area (Å²) in [6.07, 6.45) is 11.4. The normalized spacial score (nSPS) is 10.7. The quantitative estimate of drug-likeness (QED) is 0.261. The van der Waals surface area contributed by atoms with Crippen molar-refractivity contribution in [2.75, 3.05) is 0 Å². The molecule has 4 heteroatoms. The zero-order valence-electron chi connectivity index (χ0n) is 14.7. The lowest BCUT2D eigenvalue weighted by atomic mass is 10.0. The van der Waals surface area contributed by atoms with Gasteiger partial charge in [-0.25, -0.2) is 19.4 Å². The van der Waals surface area contributed by atoms with Crippen molar-refractivity contribution in [3.05, 3.63) is 0 Å². The molecule has 0 spiro atoms. The smallest absolute Gasteiger partial charge is 0.247 e. The van der Waals surface area contributed by atoms with E-state index in [1.54, 1.807) is 0 Å². The Hall–Kier alpha value is -1.06. The summed E-state index contributed by atoms with van der Waals surface area (Å²) in [5.41, 5.74) is 0. The Morgan fingerprint density at radius 1 is 0.727 bits per heavy atom. The van der Waals surface area contributed by atoms with E-state index in [9.17, 15) is 9.59 Å². The minimum atomic E-state index is -0.444. The van der Waals surface area contributed by atoms with Crippen molar-refractivity contribution in [1.82, 2.24) is 0 Å². The predicted molar refractivity (Wildman–Crippen MR) is 88.1 cm³/mol. The van der Waals surface area contributed by atoms with Crippen molar-refractivity contribution in [3.8, 4) is 0 Å². The Labute approximate surface area is 135 Å². The van der Waals surface area contributed by atoms with Crippen LogP contribution in [0.3, 0.4) is 0 Å². The molecule has 0 aromatic rings. The fourth-order valence-corrected chi connectivity index (χ4v) is 2.22. The first-order chi connectivity index (χ1) is 10.6. The van der Waals surface area contributed by atoms with E-state index in [-0.39, 0.29) is 0 Å². The van der Waals surface area contributed by atoms with Crippen LogP contribution in [0.25, 0.3) is 0 Å². The molecule has 0 aromatic carbocycles. The molecule has 0 unspecified atom stereocenters. The van der Waals surface area contributed by atoms with Gasteiger partial charge >= 0.3 is 11.9 Å². The molecule has 0 radical (unpaired) electrons. The summed E-state index contributed by atoms with van der Waals surface area (Å²) in [7, 11) is 0. The lowest BCUT2D eigenvalue weighted by Crippen LogP contribution is -2.11. The van der Waals surface area contributed by atoms with Gasteiger partial charge in [-0.3, -0.25) is 0 Å². The average Bonchev–Trinajstić information content (AvgIpc) is 2.48. The Kier molecular flexibility index (Phi) is 14.1. The van der Waals surface area contributed by atoms with Gasteiger partial charge < -0.3 is 0 Å². The van der Waals surface area contributed by atoms with Gasteiger partial charge in [0, 0.05) is 0 Å². The van der Waals surface area contributed by atoms with Crippen LogP contribution in [-0.4, -0.2) is 11.9 Å². The van der Waals surface area contributed by atoms with Crippen molar-refractivity contribution >= 4 is 11.9 Å². The highest BCUT2D eigenvalue weighted by Gasteiger charge is 2.09. The summed E-state index contributed by atoms with van der Waals surface area (Å²) in [6.45, 7) is 6.56. The fourth-order valence-electron chi connectivity index (χ4n) is 2.22. The third-order valence-electron chi connectivity index (χ3n) is 3.62. The van der Waals surface area contributed by atoms with Crippen molar-refractivity contribution in [2.45, 2.75) is 97.8 Å². The molecule has 130 valence electrons. The van der Waals surface area contributed by atoms with Gasteiger partial charge in [-0.2, -0.15) is 0 Å². The fraction of sp³-hybridized carbons (Fsp3) is 0.889. The Morgan fingerprint density at radius 3 is 1.68 bits per heavy atom. The molecule has 0 aliphatic carbocycles. The molecule has 0 aromatic heterocycles. The van der Waals surface area contributed by atoms with E-state index < -0.39 is 11.9 Å². The van der Waals surface area contributed by atoms with Gasteiger partial charge in [0.1, 0.15) is 0 Å². The van der Waals surface area contributed by atoms with E-state index in [1.807, 2.05) is 0 Å². The van der Waals surface area contributed by atoms with Gasteiger partial charge in [0.2, 0.25) is 0 Å². The molecular formula is C18H34O4. The third-order valence-corrected chi connectivity index (χ3v) is 3.62. The SMILES string of the molecule is CCCCCCCCC(=O)OOC(=O)CCCCCC(C)C. The molecule has 0 heterocycles. The Morgan fingerprint density at radius 2 is 1.18 bits per heavy atom. The first kappa shape index (κ1) is 20.9. The standard InChI is InChI=1S/C18H34O4/c1-4-5-6-7-8-11-14-17(19)21-22-18(20)15-12-9-10-13-16(2)3/h16H,4-15H2,1-3H3. The summed E-state index contributed by atoms with van der Waals surface area (Å²) in [4.78, 5) is 31.9. The highest BCUT2D eigenvalue weighted by Crippen LogP contribution is 2.10. The van der Waals surface area contributed by atoms with E-state index in [0.717, 1.165) is 38.5 Å². The third kappa shape index (κ3) is 15.3. The van der Waals surface area contributed by atoms with E-state index in [1.165, 1.54) is 25.7 Å². The van der Waals surface area contributed by atoms with Crippen LogP contribution >= 0.6 is 0 Å². The van der Waals surface area contributed by atoms with Gasteiger partial charge in [0.05, 0.1) is 12.8 Å². The summed E-state index contributed by atoms with van der Waals surface area (Å²) in [5, 5.41) is 0. The second-order valence-corrected chi connectivity index (χ2v) is 6.42. The summed E-state index contributed by atoms with van der Waals surface area (Å²) in [6, 6.07) is 0. The molecule has 0 saturated carbocycles. The van der Waals surface area contributed by atoms with Crippen LogP contribution < -0.4 is 0 Å². The lowest BCUT2D eigenvalue weighted by Gasteiger charge is -2.05. The van der Waals surface area contributed by atoms with Crippen molar-refractivity contribution in [1.29, 1.82) is 0 Å². The number of rotatable bonds is 13. The lowest BCUT2D eigenvalue weighted by molar-refractivity contribution is -0.259. The molecule has 0 amide bonds. The van der Waals surface area contributed by atoms with Gasteiger partial charge in [0.15, 0.2) is 0 Å². The second-order valence-electron chi connectivity index (χ2n) is 6.42. The van der Waals surface area contributed by atoms with E-state index in [2.05, 4.69) is 30.5 Å². The highest BCUT2D eigenvalue weighted by atomic mass is 17.2. The highest BCUT2D eigenvalue weighted by molar-refractivity contribution is 5.72. The zero-order valence-corrected chi connectivity index (χ0v) is 14.7. The number of carbonyl (C=O) groups excluding carboxylic acids is 2. The van der Waals surface area contributed by atoms with Crippen LogP contribution in [0.15, 0.2) is 0 Å². The van der Waals surface area contributed by atoms with E-state index in [0.29, 0.717) is 18.8 Å². The summed E-state index contributed by atoms with van der Waals surface area (Å²) >= 11 is 0. The van der Waals surface area contributed by atoms with E-state index in [4.69, 9.17) is 0 Å². The van der Waals surface area contributed by atoms with Gasteiger partial charge in [0.25, 0.3) is 0 Å². The summed E-state index contributed by atoms with van der Waals surface area (Å²) < 4.78 is 0. The van der Waals surface area contributed by atoms with Crippen LogP contribution in [0, 0.1) is 5.92 Å². The topological polar surface area (TPSA) is 52.6 Å². The molecule has 0 bridgehead atoms. The number of hydrogen-bond acceptors (Lipinski definition) is 4. The molecule has 0 aliphatic heterocycles. The number of carbonyl (C=O) groups is 2. The molecule has 0 atom stereocenters. The minimum Gasteiger partial charge on any atom is -0.247 e. The predicted octanol–water partition coefficient (Wildman–Crippen LogP) is 5.34. The van der Waals surface area contributed by atoms with Crippen LogP contribution in [0.5, 0.6) is 0 Å². The largest absolute Gasteiger partial charge is 0.355 e. The number of unbranched alkanes of at least 4 members (excludes halogenated alkanes) is 7. The first-order valence-corrected chi connectivity index (χ1v) is 8.96. The van der Waals surface area contributed by atoms with E-state index >= 15 is 0 Å². The first-order valence-electron chi connectivity index (χ1n) is 8.96. The van der Waals surface area contributed by atoms with Gasteiger partial charge in [-0.15, -0.1) is 0 Å². The Bertz CT molecular complexity index is 287. The number of hydrogen-bond donors (Lipinski definition) is 0. The molecule has 4 nitrogen and oxygen atoms in total. The molecular weight excluding hydrogens is 280 g/mol. The van der Waals surface area contributed by atoms with Crippen LogP contribution in [0.1, 0.15) is 97.8 Å².